The summed E-state index contributed by atoms with van der Waals surface area (Å²) in [4.78, 5) is 20.0. The molecule has 0 aromatic carbocycles. The second-order valence-electron chi connectivity index (χ2n) is 4.64. The lowest BCUT2D eigenvalue weighted by atomic mass is 10.1. The van der Waals surface area contributed by atoms with Crippen LogP contribution in [0.1, 0.15) is 29.0 Å². The van der Waals surface area contributed by atoms with E-state index >= 15 is 0 Å². The lowest BCUT2D eigenvalue weighted by Gasteiger charge is -2.09. The van der Waals surface area contributed by atoms with Crippen molar-refractivity contribution >= 4 is 11.9 Å². The summed E-state index contributed by atoms with van der Waals surface area (Å²) in [5.74, 6) is 5.84. The van der Waals surface area contributed by atoms with Crippen molar-refractivity contribution < 1.29 is 9.53 Å². The van der Waals surface area contributed by atoms with Crippen LogP contribution in [0.15, 0.2) is 6.07 Å². The molecule has 1 saturated heterocycles. The van der Waals surface area contributed by atoms with E-state index in [0.717, 1.165) is 26.1 Å². The minimum absolute atomic E-state index is 0.207. The van der Waals surface area contributed by atoms with Crippen LogP contribution in [0.2, 0.25) is 0 Å². The van der Waals surface area contributed by atoms with Crippen molar-refractivity contribution in [2.24, 2.45) is 11.8 Å². The zero-order valence-corrected chi connectivity index (χ0v) is 11.0. The average Bonchev–Trinajstić information content (AvgIpc) is 2.91. The Morgan fingerprint density at radius 3 is 3.11 bits per heavy atom. The number of hydrazine groups is 1. The molecule has 1 fully saturated rings. The zero-order valence-electron chi connectivity index (χ0n) is 11.0. The molecule has 0 aliphatic carbocycles. The van der Waals surface area contributed by atoms with Gasteiger partial charge in [-0.3, -0.25) is 10.2 Å². The summed E-state index contributed by atoms with van der Waals surface area (Å²) in [5.41, 5.74) is 3.36. The molecular weight excluding hydrogens is 246 g/mol. The predicted molar refractivity (Wildman–Crippen MR) is 70.5 cm³/mol. The van der Waals surface area contributed by atoms with E-state index in [-0.39, 0.29) is 11.9 Å². The molecule has 2 heterocycles. The van der Waals surface area contributed by atoms with Gasteiger partial charge < -0.3 is 10.1 Å². The molecule has 0 radical (unpaired) electrons. The standard InChI is InChI=1S/C12H19N5O2/c1-8-6-10(16-12(15-8)17-13)11(18)14-4-2-9-3-5-19-7-9/h6,9H,2-5,7,13H2,1H3,(H,14,18)(H,15,16,17). The molecule has 7 heteroatoms. The quantitative estimate of drug-likeness (QED) is 0.520. The summed E-state index contributed by atoms with van der Waals surface area (Å²) < 4.78 is 5.29. The van der Waals surface area contributed by atoms with E-state index in [9.17, 15) is 4.79 Å². The number of hydrogen-bond donors (Lipinski definition) is 3. The first-order chi connectivity index (χ1) is 9.19. The number of rotatable bonds is 5. The van der Waals surface area contributed by atoms with E-state index in [4.69, 9.17) is 10.6 Å². The Balaban J connectivity index is 1.86. The Bertz CT molecular complexity index is 446. The molecule has 7 nitrogen and oxygen atoms in total. The molecule has 1 aromatic heterocycles. The maximum atomic E-state index is 11.9. The number of carbonyl (C=O) groups is 1. The van der Waals surface area contributed by atoms with Gasteiger partial charge in [0.05, 0.1) is 0 Å². The van der Waals surface area contributed by atoms with Gasteiger partial charge in [-0.1, -0.05) is 0 Å². The fourth-order valence-electron chi connectivity index (χ4n) is 2.04. The van der Waals surface area contributed by atoms with Crippen LogP contribution in [-0.2, 0) is 4.74 Å². The number of aryl methyl sites for hydroxylation is 1. The second kappa shape index (κ2) is 6.44. The van der Waals surface area contributed by atoms with Gasteiger partial charge in [0.15, 0.2) is 0 Å². The van der Waals surface area contributed by atoms with Crippen LogP contribution in [-0.4, -0.2) is 35.6 Å². The van der Waals surface area contributed by atoms with E-state index in [1.54, 1.807) is 13.0 Å². The van der Waals surface area contributed by atoms with E-state index in [1.165, 1.54) is 0 Å². The van der Waals surface area contributed by atoms with Crippen LogP contribution in [0.4, 0.5) is 5.95 Å². The Labute approximate surface area is 111 Å². The van der Waals surface area contributed by atoms with Gasteiger partial charge in [0.25, 0.3) is 5.91 Å². The molecular formula is C12H19N5O2. The van der Waals surface area contributed by atoms with Crippen molar-refractivity contribution in [2.45, 2.75) is 19.8 Å². The molecule has 1 aliphatic rings. The highest BCUT2D eigenvalue weighted by atomic mass is 16.5. The molecule has 2 rings (SSSR count). The molecule has 4 N–H and O–H groups in total. The maximum absolute atomic E-state index is 11.9. The number of nitrogens with zero attached hydrogens (tertiary/aromatic N) is 2. The number of anilines is 1. The smallest absolute Gasteiger partial charge is 0.270 e. The van der Waals surface area contributed by atoms with Gasteiger partial charge in [-0.2, -0.15) is 0 Å². The fourth-order valence-corrected chi connectivity index (χ4v) is 2.04. The van der Waals surface area contributed by atoms with Crippen LogP contribution in [0.25, 0.3) is 0 Å². The molecule has 0 saturated carbocycles. The lowest BCUT2D eigenvalue weighted by molar-refractivity contribution is 0.0945. The van der Waals surface area contributed by atoms with Gasteiger partial charge in [0.2, 0.25) is 5.95 Å². The summed E-state index contributed by atoms with van der Waals surface area (Å²) in [6, 6.07) is 1.63. The zero-order chi connectivity index (χ0) is 13.7. The van der Waals surface area contributed by atoms with Gasteiger partial charge in [-0.05, 0) is 31.7 Å². The molecule has 104 valence electrons. The van der Waals surface area contributed by atoms with E-state index in [1.807, 2.05) is 0 Å². The van der Waals surface area contributed by atoms with Gasteiger partial charge in [0.1, 0.15) is 5.69 Å². The minimum Gasteiger partial charge on any atom is -0.381 e. The number of nitrogens with one attached hydrogen (secondary N) is 2. The molecule has 1 amide bonds. The predicted octanol–water partition coefficient (Wildman–Crippen LogP) is 0.227. The third-order valence-electron chi connectivity index (χ3n) is 3.08. The SMILES string of the molecule is Cc1cc(C(=O)NCCC2CCOC2)nc(NN)n1. The van der Waals surface area contributed by atoms with Gasteiger partial charge in [-0.15, -0.1) is 0 Å². The number of aromatic nitrogens is 2. The van der Waals surface area contributed by atoms with Crippen molar-refractivity contribution in [3.63, 3.8) is 0 Å². The van der Waals surface area contributed by atoms with Crippen molar-refractivity contribution in [3.8, 4) is 0 Å². The Morgan fingerprint density at radius 2 is 2.42 bits per heavy atom. The normalized spacial score (nSPS) is 18.3. The van der Waals surface area contributed by atoms with Crippen LogP contribution >= 0.6 is 0 Å². The molecule has 1 aromatic rings. The van der Waals surface area contributed by atoms with Crippen molar-refractivity contribution in [2.75, 3.05) is 25.2 Å². The van der Waals surface area contributed by atoms with Crippen LogP contribution < -0.4 is 16.6 Å². The number of amides is 1. The summed E-state index contributed by atoms with van der Waals surface area (Å²) in [5, 5.41) is 2.85. The fraction of sp³-hybridized carbons (Fsp3) is 0.583. The third kappa shape index (κ3) is 3.87. The molecule has 1 atom stereocenters. The minimum atomic E-state index is -0.207. The topological polar surface area (TPSA) is 102 Å². The lowest BCUT2D eigenvalue weighted by Crippen LogP contribution is -2.27. The monoisotopic (exact) mass is 265 g/mol. The number of nitrogen functional groups attached to an aromatic ring is 1. The second-order valence-corrected chi connectivity index (χ2v) is 4.64. The van der Waals surface area contributed by atoms with Crippen LogP contribution in [0.5, 0.6) is 0 Å². The average molecular weight is 265 g/mol. The first-order valence-corrected chi connectivity index (χ1v) is 6.37. The van der Waals surface area contributed by atoms with Crippen molar-refractivity contribution in [3.05, 3.63) is 17.5 Å². The first-order valence-electron chi connectivity index (χ1n) is 6.37. The molecule has 0 bridgehead atoms. The number of ether oxygens (including phenoxy) is 1. The van der Waals surface area contributed by atoms with Crippen molar-refractivity contribution in [1.29, 1.82) is 0 Å². The van der Waals surface area contributed by atoms with Crippen molar-refractivity contribution in [1.82, 2.24) is 15.3 Å². The van der Waals surface area contributed by atoms with E-state index in [2.05, 4.69) is 20.7 Å². The summed E-state index contributed by atoms with van der Waals surface area (Å²) in [6.07, 6.45) is 2.00. The first kappa shape index (κ1) is 13.7. The van der Waals surface area contributed by atoms with E-state index in [0.29, 0.717) is 23.9 Å². The molecule has 19 heavy (non-hydrogen) atoms. The Morgan fingerprint density at radius 1 is 1.58 bits per heavy atom. The van der Waals surface area contributed by atoms with Crippen LogP contribution in [0, 0.1) is 12.8 Å². The highest BCUT2D eigenvalue weighted by molar-refractivity contribution is 5.92. The maximum Gasteiger partial charge on any atom is 0.270 e. The van der Waals surface area contributed by atoms with E-state index < -0.39 is 0 Å². The molecule has 1 unspecified atom stereocenters. The highest BCUT2D eigenvalue weighted by Crippen LogP contribution is 2.15. The number of carbonyl (C=O) groups excluding carboxylic acids is 1. The molecule has 0 spiro atoms. The summed E-state index contributed by atoms with van der Waals surface area (Å²) in [6.45, 7) is 4.04. The van der Waals surface area contributed by atoms with Crippen LogP contribution in [0.3, 0.4) is 0 Å². The Hall–Kier alpha value is -1.73. The third-order valence-corrected chi connectivity index (χ3v) is 3.08. The molecule has 1 aliphatic heterocycles. The highest BCUT2D eigenvalue weighted by Gasteiger charge is 2.16. The summed E-state index contributed by atoms with van der Waals surface area (Å²) >= 11 is 0. The van der Waals surface area contributed by atoms with Gasteiger partial charge >= 0.3 is 0 Å². The Kier molecular flexibility index (Phi) is 4.64. The van der Waals surface area contributed by atoms with Gasteiger partial charge in [0, 0.05) is 25.5 Å². The number of nitrogens with two attached hydrogens (primary N) is 1. The largest absolute Gasteiger partial charge is 0.381 e. The van der Waals surface area contributed by atoms with Gasteiger partial charge in [-0.25, -0.2) is 15.8 Å². The summed E-state index contributed by atoms with van der Waals surface area (Å²) in [7, 11) is 0. The number of hydrogen-bond acceptors (Lipinski definition) is 6.